The average Bonchev–Trinajstić information content (AvgIpc) is 2.84. The number of esters is 1. The van der Waals surface area contributed by atoms with Gasteiger partial charge in [0.15, 0.2) is 5.13 Å². The van der Waals surface area contributed by atoms with Gasteiger partial charge in [0.25, 0.3) is 0 Å². The highest BCUT2D eigenvalue weighted by Gasteiger charge is 2.27. The molecule has 0 unspecified atom stereocenters. The molecule has 1 aromatic heterocycles. The average molecular weight is 311 g/mol. The zero-order chi connectivity index (χ0) is 15.2. The van der Waals surface area contributed by atoms with E-state index in [-0.39, 0.29) is 24.3 Å². The number of carbonyl (C=O) groups excluding carboxylic acids is 2. The quantitative estimate of drug-likeness (QED) is 0.838. The summed E-state index contributed by atoms with van der Waals surface area (Å²) in [6, 6.07) is 0. The monoisotopic (exact) mass is 311 g/mol. The number of aromatic nitrogens is 1. The number of piperidine rings is 1. The Hall–Kier alpha value is -1.47. The number of carbonyl (C=O) groups is 2. The van der Waals surface area contributed by atoms with Gasteiger partial charge in [-0.1, -0.05) is 0 Å². The van der Waals surface area contributed by atoms with Crippen molar-refractivity contribution in [3.8, 4) is 0 Å². The van der Waals surface area contributed by atoms with E-state index in [1.165, 1.54) is 11.3 Å². The van der Waals surface area contributed by atoms with E-state index in [0.29, 0.717) is 18.3 Å². The minimum Gasteiger partial charge on any atom is -0.466 e. The summed E-state index contributed by atoms with van der Waals surface area (Å²) in [5, 5.41) is 5.31. The number of likely N-dealkylation sites (tertiary alicyclic amines) is 1. The van der Waals surface area contributed by atoms with Gasteiger partial charge in [-0.3, -0.25) is 14.5 Å². The Morgan fingerprint density at radius 2 is 2.38 bits per heavy atom. The predicted octanol–water partition coefficient (Wildman–Crippen LogP) is 1.67. The number of hydrogen-bond acceptors (Lipinski definition) is 6. The highest BCUT2D eigenvalue weighted by molar-refractivity contribution is 7.13. The fourth-order valence-corrected chi connectivity index (χ4v) is 3.13. The maximum Gasteiger partial charge on any atom is 0.310 e. The standard InChI is InChI=1S/C14H21N3O3S/c1-3-20-13(19)11-5-4-6-17(7-11)8-12(18)16-14-15-10(2)9-21-14/h9,11H,3-8H2,1-2H3,(H,15,16,18)/t11-/m0/s1. The molecule has 7 heteroatoms. The first-order chi connectivity index (χ1) is 10.1. The van der Waals surface area contributed by atoms with Crippen LogP contribution in [0.2, 0.25) is 0 Å². The lowest BCUT2D eigenvalue weighted by Gasteiger charge is -2.30. The first kappa shape index (κ1) is 15.9. The Labute approximate surface area is 128 Å². The van der Waals surface area contributed by atoms with Gasteiger partial charge in [0.1, 0.15) is 0 Å². The second-order valence-electron chi connectivity index (χ2n) is 5.17. The molecule has 0 saturated carbocycles. The lowest BCUT2D eigenvalue weighted by Crippen LogP contribution is -2.43. The number of thiazole rings is 1. The lowest BCUT2D eigenvalue weighted by molar-refractivity contribution is -0.150. The molecule has 1 aliphatic heterocycles. The molecular formula is C14H21N3O3S. The van der Waals surface area contributed by atoms with E-state index in [0.717, 1.165) is 25.1 Å². The molecule has 1 amide bonds. The molecule has 1 fully saturated rings. The minimum absolute atomic E-state index is 0.0890. The van der Waals surface area contributed by atoms with Crippen molar-refractivity contribution in [3.05, 3.63) is 11.1 Å². The van der Waals surface area contributed by atoms with Gasteiger partial charge >= 0.3 is 5.97 Å². The Bertz CT molecular complexity index is 503. The zero-order valence-corrected chi connectivity index (χ0v) is 13.2. The molecule has 1 atom stereocenters. The molecule has 2 rings (SSSR count). The van der Waals surface area contributed by atoms with E-state index in [2.05, 4.69) is 10.3 Å². The second kappa shape index (κ2) is 7.51. The van der Waals surface area contributed by atoms with Crippen LogP contribution >= 0.6 is 11.3 Å². The van der Waals surface area contributed by atoms with Crippen LogP contribution in [0.1, 0.15) is 25.5 Å². The van der Waals surface area contributed by atoms with Gasteiger partial charge in [-0.2, -0.15) is 0 Å². The van der Waals surface area contributed by atoms with Gasteiger partial charge in [-0.25, -0.2) is 4.98 Å². The molecule has 1 saturated heterocycles. The number of anilines is 1. The molecule has 1 aromatic rings. The molecule has 6 nitrogen and oxygen atoms in total. The van der Waals surface area contributed by atoms with Gasteiger partial charge in [-0.05, 0) is 33.2 Å². The van der Waals surface area contributed by atoms with E-state index in [9.17, 15) is 9.59 Å². The summed E-state index contributed by atoms with van der Waals surface area (Å²) in [4.78, 5) is 30.0. The van der Waals surface area contributed by atoms with Crippen LogP contribution in [0, 0.1) is 12.8 Å². The Morgan fingerprint density at radius 3 is 3.05 bits per heavy atom. The molecule has 0 radical (unpaired) electrons. The largest absolute Gasteiger partial charge is 0.466 e. The molecule has 0 aliphatic carbocycles. The van der Waals surface area contributed by atoms with E-state index in [4.69, 9.17) is 4.74 Å². The third-order valence-corrected chi connectivity index (χ3v) is 4.23. The van der Waals surface area contributed by atoms with E-state index < -0.39 is 0 Å². The van der Waals surface area contributed by atoms with Crippen molar-refractivity contribution in [2.45, 2.75) is 26.7 Å². The van der Waals surface area contributed by atoms with Crippen molar-refractivity contribution < 1.29 is 14.3 Å². The van der Waals surface area contributed by atoms with Gasteiger partial charge in [0.2, 0.25) is 5.91 Å². The number of nitrogens with zero attached hydrogens (tertiary/aromatic N) is 2. The van der Waals surface area contributed by atoms with Crippen molar-refractivity contribution in [1.82, 2.24) is 9.88 Å². The molecule has 116 valence electrons. The fraction of sp³-hybridized carbons (Fsp3) is 0.643. The van der Waals surface area contributed by atoms with Crippen LogP contribution in [-0.4, -0.2) is 48.0 Å². The number of aryl methyl sites for hydroxylation is 1. The van der Waals surface area contributed by atoms with Gasteiger partial charge in [0.05, 0.1) is 24.8 Å². The maximum atomic E-state index is 12.0. The number of hydrogen-bond donors (Lipinski definition) is 1. The molecule has 0 aromatic carbocycles. The second-order valence-corrected chi connectivity index (χ2v) is 6.03. The number of amides is 1. The summed E-state index contributed by atoms with van der Waals surface area (Å²) in [6.45, 7) is 5.81. The van der Waals surface area contributed by atoms with Crippen LogP contribution in [0.4, 0.5) is 5.13 Å². The first-order valence-electron chi connectivity index (χ1n) is 7.19. The van der Waals surface area contributed by atoms with E-state index in [1.54, 1.807) is 0 Å². The molecule has 1 aliphatic rings. The zero-order valence-electron chi connectivity index (χ0n) is 12.4. The van der Waals surface area contributed by atoms with Crippen LogP contribution in [0.3, 0.4) is 0 Å². The van der Waals surface area contributed by atoms with Crippen LogP contribution in [0.5, 0.6) is 0 Å². The van der Waals surface area contributed by atoms with Crippen LogP contribution < -0.4 is 5.32 Å². The Morgan fingerprint density at radius 1 is 1.57 bits per heavy atom. The molecule has 0 bridgehead atoms. The van der Waals surface area contributed by atoms with Crippen molar-refractivity contribution in [3.63, 3.8) is 0 Å². The van der Waals surface area contributed by atoms with Crippen molar-refractivity contribution >= 4 is 28.3 Å². The van der Waals surface area contributed by atoms with Crippen LogP contribution in [0.15, 0.2) is 5.38 Å². The summed E-state index contributed by atoms with van der Waals surface area (Å²) in [5.74, 6) is -0.361. The predicted molar refractivity (Wildman–Crippen MR) is 81.3 cm³/mol. The molecule has 2 heterocycles. The van der Waals surface area contributed by atoms with Gasteiger partial charge < -0.3 is 10.1 Å². The SMILES string of the molecule is CCOC(=O)[C@H]1CCCN(CC(=O)Nc2nc(C)cs2)C1. The van der Waals surface area contributed by atoms with Crippen molar-refractivity contribution in [1.29, 1.82) is 0 Å². The van der Waals surface area contributed by atoms with Crippen LogP contribution in [-0.2, 0) is 14.3 Å². The Balaban J connectivity index is 1.81. The maximum absolute atomic E-state index is 12.0. The summed E-state index contributed by atoms with van der Waals surface area (Å²) in [6.07, 6.45) is 1.75. The normalized spacial score (nSPS) is 19.2. The molecule has 21 heavy (non-hydrogen) atoms. The third kappa shape index (κ3) is 4.78. The summed E-state index contributed by atoms with van der Waals surface area (Å²) in [7, 11) is 0. The fourth-order valence-electron chi connectivity index (χ4n) is 2.42. The Kier molecular flexibility index (Phi) is 5.69. The lowest BCUT2D eigenvalue weighted by atomic mass is 9.98. The highest BCUT2D eigenvalue weighted by atomic mass is 32.1. The summed E-state index contributed by atoms with van der Waals surface area (Å²) >= 11 is 1.42. The van der Waals surface area contributed by atoms with E-state index >= 15 is 0 Å². The minimum atomic E-state index is -0.154. The summed E-state index contributed by atoms with van der Waals surface area (Å²) < 4.78 is 5.06. The molecule has 1 N–H and O–H groups in total. The smallest absolute Gasteiger partial charge is 0.310 e. The topological polar surface area (TPSA) is 71.5 Å². The van der Waals surface area contributed by atoms with Crippen molar-refractivity contribution in [2.24, 2.45) is 5.92 Å². The number of ether oxygens (including phenoxy) is 1. The van der Waals surface area contributed by atoms with Gasteiger partial charge in [0, 0.05) is 11.9 Å². The van der Waals surface area contributed by atoms with E-state index in [1.807, 2.05) is 24.1 Å². The number of rotatable bonds is 5. The molecular weight excluding hydrogens is 290 g/mol. The summed E-state index contributed by atoms with van der Waals surface area (Å²) in [5.41, 5.74) is 0.899. The third-order valence-electron chi connectivity index (χ3n) is 3.36. The van der Waals surface area contributed by atoms with Crippen LogP contribution in [0.25, 0.3) is 0 Å². The molecule has 0 spiro atoms. The van der Waals surface area contributed by atoms with Gasteiger partial charge in [-0.15, -0.1) is 11.3 Å². The van der Waals surface area contributed by atoms with Crippen molar-refractivity contribution in [2.75, 3.05) is 31.6 Å². The first-order valence-corrected chi connectivity index (χ1v) is 8.07. The number of nitrogens with one attached hydrogen (secondary N) is 1. The highest BCUT2D eigenvalue weighted by Crippen LogP contribution is 2.18.